The predicted octanol–water partition coefficient (Wildman–Crippen LogP) is 4.79. The Morgan fingerprint density at radius 3 is 2.58 bits per heavy atom. The predicted molar refractivity (Wildman–Crippen MR) is 166 cm³/mol. The Labute approximate surface area is 253 Å². The van der Waals surface area contributed by atoms with E-state index in [0.717, 1.165) is 12.0 Å². The lowest BCUT2D eigenvalue weighted by Gasteiger charge is -2.27. The molecule has 11 heteroatoms. The molecule has 3 amide bonds. The highest BCUT2D eigenvalue weighted by Crippen LogP contribution is 2.36. The summed E-state index contributed by atoms with van der Waals surface area (Å²) in [4.78, 5) is 50.8. The van der Waals surface area contributed by atoms with Crippen LogP contribution in [0.15, 0.2) is 76.7 Å². The van der Waals surface area contributed by atoms with Gasteiger partial charge in [0, 0.05) is 17.8 Å². The van der Waals surface area contributed by atoms with Crippen LogP contribution in [-0.2, 0) is 27.3 Å². The van der Waals surface area contributed by atoms with E-state index in [1.165, 1.54) is 22.2 Å². The van der Waals surface area contributed by atoms with Crippen molar-refractivity contribution in [3.05, 3.63) is 83.4 Å². The summed E-state index contributed by atoms with van der Waals surface area (Å²) < 4.78 is 10.7. The van der Waals surface area contributed by atoms with Gasteiger partial charge in [-0.15, -0.1) is 0 Å². The van der Waals surface area contributed by atoms with Gasteiger partial charge in [0.1, 0.15) is 11.9 Å². The Hall–Kier alpha value is -4.64. The lowest BCUT2D eigenvalue weighted by atomic mass is 10.1. The second-order valence-corrected chi connectivity index (χ2v) is 11.4. The Kier molecular flexibility index (Phi) is 8.15. The lowest BCUT2D eigenvalue weighted by Crippen LogP contribution is -2.43. The molecule has 10 nitrogen and oxygen atoms in total. The zero-order valence-corrected chi connectivity index (χ0v) is 24.6. The molecular weight excluding hydrogens is 566 g/mol. The Bertz CT molecular complexity index is 1640. The Balaban J connectivity index is 1.16. The van der Waals surface area contributed by atoms with Gasteiger partial charge in [0.25, 0.3) is 5.91 Å². The zero-order valence-electron chi connectivity index (χ0n) is 23.8. The number of hydrogen-bond donors (Lipinski definition) is 2. The largest absolute Gasteiger partial charge is 0.454 e. The minimum atomic E-state index is -0.908. The second kappa shape index (κ2) is 12.3. The van der Waals surface area contributed by atoms with Gasteiger partial charge in [0.05, 0.1) is 17.4 Å². The van der Waals surface area contributed by atoms with Crippen LogP contribution in [0.25, 0.3) is 0 Å². The van der Waals surface area contributed by atoms with E-state index in [4.69, 9.17) is 14.5 Å². The number of thioether (sulfide) groups is 1. The first kappa shape index (κ1) is 28.5. The molecule has 0 bridgehead atoms. The van der Waals surface area contributed by atoms with Crippen LogP contribution in [0.3, 0.4) is 0 Å². The van der Waals surface area contributed by atoms with Crippen LogP contribution in [0.4, 0.5) is 11.4 Å². The number of hydrogen-bond acceptors (Lipinski definition) is 8. The molecule has 2 N–H and O–H groups in total. The van der Waals surface area contributed by atoms with Crippen LogP contribution in [0.5, 0.6) is 11.5 Å². The average molecular weight is 598 g/mol. The normalized spacial score (nSPS) is 17.0. The number of aliphatic imine (C=N–C) groups is 2. The number of carbonyl (C=O) groups is 3. The fraction of sp³-hybridized carbons (Fsp3) is 0.281. The van der Waals surface area contributed by atoms with Crippen LogP contribution in [0.2, 0.25) is 0 Å². The number of benzene rings is 3. The van der Waals surface area contributed by atoms with E-state index in [1.807, 2.05) is 67.6 Å². The molecule has 0 fully saturated rings. The first-order chi connectivity index (χ1) is 20.9. The molecule has 2 atom stereocenters. The highest BCUT2D eigenvalue weighted by molar-refractivity contribution is 8.15. The topological polar surface area (TPSA) is 122 Å². The average Bonchev–Trinajstić information content (AvgIpc) is 3.63. The first-order valence-corrected chi connectivity index (χ1v) is 15.1. The number of amidine groups is 2. The van der Waals surface area contributed by atoms with E-state index < -0.39 is 11.3 Å². The van der Waals surface area contributed by atoms with Crippen molar-refractivity contribution < 1.29 is 23.9 Å². The molecular formula is C32H31N5O5S. The summed E-state index contributed by atoms with van der Waals surface area (Å²) in [5, 5.41) is 5.72. The summed E-state index contributed by atoms with van der Waals surface area (Å²) in [5.74, 6) is 0.916. The van der Waals surface area contributed by atoms with E-state index in [1.54, 1.807) is 6.07 Å². The molecule has 0 spiro atoms. The molecule has 0 unspecified atom stereocenters. The standard InChI is InChI=1S/C32H31N5O5S/c1-3-19-9-12-21(13-10-19)34-30(39)27(4-2)43-32-36-23-8-6-5-7-22(23)29-35-24(31(40)37(29)32)16-28(38)33-17-20-11-14-25-26(15-20)42-18-41-25/h5-15,24,27H,3-4,16-18H2,1-2H3,(H,33,38)(H,34,39)/t24-,27+/m1/s1. The molecule has 43 heavy (non-hydrogen) atoms. The molecule has 0 aromatic heterocycles. The van der Waals surface area contributed by atoms with Gasteiger partial charge in [-0.05, 0) is 60.4 Å². The van der Waals surface area contributed by atoms with Gasteiger partial charge in [0.2, 0.25) is 18.6 Å². The van der Waals surface area contributed by atoms with E-state index in [-0.39, 0.29) is 37.5 Å². The van der Waals surface area contributed by atoms with E-state index in [2.05, 4.69) is 22.5 Å². The lowest BCUT2D eigenvalue weighted by molar-refractivity contribution is -0.128. The molecule has 3 aliphatic heterocycles. The fourth-order valence-corrected chi connectivity index (χ4v) is 6.03. The SMILES string of the molecule is CCc1ccc(NC(=O)[C@H](CC)SC2=Nc3ccccc3C3=N[C@H](CC(=O)NCc4ccc5c(c4)OCO5)C(=O)N23)cc1. The molecule has 3 aromatic rings. The van der Waals surface area contributed by atoms with Crippen LogP contribution < -0.4 is 20.1 Å². The Morgan fingerprint density at radius 2 is 1.79 bits per heavy atom. The maximum Gasteiger partial charge on any atom is 0.259 e. The molecule has 3 aliphatic rings. The number of anilines is 1. The quantitative estimate of drug-likeness (QED) is 0.366. The van der Waals surface area contributed by atoms with Crippen molar-refractivity contribution in [1.29, 1.82) is 0 Å². The summed E-state index contributed by atoms with van der Waals surface area (Å²) in [6, 6.07) is 19.7. The monoisotopic (exact) mass is 597 g/mol. The van der Waals surface area contributed by atoms with Gasteiger partial charge < -0.3 is 20.1 Å². The van der Waals surface area contributed by atoms with E-state index >= 15 is 0 Å². The van der Waals surface area contributed by atoms with Crippen LogP contribution in [-0.4, -0.2) is 51.7 Å². The van der Waals surface area contributed by atoms with Crippen molar-refractivity contribution in [3.8, 4) is 11.5 Å². The minimum absolute atomic E-state index is 0.116. The van der Waals surface area contributed by atoms with Crippen LogP contribution in [0.1, 0.15) is 43.4 Å². The number of aryl methyl sites for hydroxylation is 1. The zero-order chi connectivity index (χ0) is 29.9. The van der Waals surface area contributed by atoms with Gasteiger partial charge in [-0.2, -0.15) is 0 Å². The number of nitrogens with zero attached hydrogens (tertiary/aromatic N) is 3. The summed E-state index contributed by atoms with van der Waals surface area (Å²) >= 11 is 1.22. The van der Waals surface area contributed by atoms with Crippen molar-refractivity contribution in [2.75, 3.05) is 12.1 Å². The van der Waals surface area contributed by atoms with Crippen molar-refractivity contribution in [2.45, 2.75) is 50.9 Å². The van der Waals surface area contributed by atoms with Gasteiger partial charge >= 0.3 is 0 Å². The molecule has 0 saturated heterocycles. The smallest absolute Gasteiger partial charge is 0.259 e. The van der Waals surface area contributed by atoms with Gasteiger partial charge in [-0.1, -0.05) is 55.9 Å². The summed E-state index contributed by atoms with van der Waals surface area (Å²) in [5.41, 5.74) is 4.11. The van der Waals surface area contributed by atoms with Crippen molar-refractivity contribution in [1.82, 2.24) is 10.2 Å². The van der Waals surface area contributed by atoms with Gasteiger partial charge in [-0.25, -0.2) is 9.89 Å². The maximum atomic E-state index is 13.7. The second-order valence-electron chi connectivity index (χ2n) is 10.3. The third-order valence-corrected chi connectivity index (χ3v) is 8.71. The van der Waals surface area contributed by atoms with Crippen LogP contribution in [0, 0.1) is 0 Å². The number of para-hydroxylation sites is 1. The van der Waals surface area contributed by atoms with Gasteiger partial charge in [0.15, 0.2) is 16.7 Å². The van der Waals surface area contributed by atoms with E-state index in [9.17, 15) is 14.4 Å². The number of nitrogens with one attached hydrogen (secondary N) is 2. The third kappa shape index (κ3) is 5.98. The van der Waals surface area contributed by atoms with Crippen molar-refractivity contribution >= 4 is 51.9 Å². The molecule has 6 rings (SSSR count). The summed E-state index contributed by atoms with van der Waals surface area (Å²) in [7, 11) is 0. The summed E-state index contributed by atoms with van der Waals surface area (Å²) in [6.07, 6.45) is 1.32. The number of ether oxygens (including phenoxy) is 2. The number of amides is 3. The highest BCUT2D eigenvalue weighted by Gasteiger charge is 2.43. The molecule has 3 heterocycles. The Morgan fingerprint density at radius 1 is 1.02 bits per heavy atom. The fourth-order valence-electron chi connectivity index (χ4n) is 5.01. The minimum Gasteiger partial charge on any atom is -0.454 e. The third-order valence-electron chi connectivity index (χ3n) is 7.39. The number of rotatable bonds is 9. The molecule has 0 saturated carbocycles. The maximum absolute atomic E-state index is 13.7. The number of carbonyl (C=O) groups excluding carboxylic acids is 3. The van der Waals surface area contributed by atoms with Crippen molar-refractivity contribution in [2.24, 2.45) is 9.98 Å². The first-order valence-electron chi connectivity index (χ1n) is 14.2. The molecule has 0 radical (unpaired) electrons. The molecule has 0 aliphatic carbocycles. The molecule has 220 valence electrons. The van der Waals surface area contributed by atoms with Crippen molar-refractivity contribution in [3.63, 3.8) is 0 Å². The highest BCUT2D eigenvalue weighted by atomic mass is 32.2. The van der Waals surface area contributed by atoms with E-state index in [0.29, 0.717) is 45.9 Å². The number of fused-ring (bicyclic) bond motifs is 4. The van der Waals surface area contributed by atoms with Crippen LogP contribution >= 0.6 is 11.8 Å². The molecule has 3 aromatic carbocycles. The van der Waals surface area contributed by atoms with Gasteiger partial charge in [-0.3, -0.25) is 19.4 Å². The summed E-state index contributed by atoms with van der Waals surface area (Å²) in [6.45, 7) is 4.45.